The average Bonchev–Trinajstić information content (AvgIpc) is 2.84. The number of methoxy groups -OCH3 is 1. The average molecular weight is 470 g/mol. The first-order valence-electron chi connectivity index (χ1n) is 10.3. The van der Waals surface area contributed by atoms with E-state index in [0.717, 1.165) is 54.1 Å². The highest BCUT2D eigenvalue weighted by Crippen LogP contribution is 2.27. The highest BCUT2D eigenvalue weighted by atomic mass is 35.5. The van der Waals surface area contributed by atoms with Crippen LogP contribution in [0.1, 0.15) is 0 Å². The van der Waals surface area contributed by atoms with Gasteiger partial charge in [-0.05, 0) is 48.5 Å². The van der Waals surface area contributed by atoms with Gasteiger partial charge in [0.05, 0.1) is 23.6 Å². The molecule has 1 aliphatic rings. The Balaban J connectivity index is 1.25. The number of aromatic nitrogens is 2. The molecule has 0 radical (unpaired) electrons. The zero-order valence-corrected chi connectivity index (χ0v) is 19.3. The van der Waals surface area contributed by atoms with E-state index in [-0.39, 0.29) is 11.7 Å². The van der Waals surface area contributed by atoms with Gasteiger partial charge in [-0.3, -0.25) is 4.79 Å². The summed E-state index contributed by atoms with van der Waals surface area (Å²) >= 11 is 7.68. The molecule has 7 nitrogen and oxygen atoms in total. The summed E-state index contributed by atoms with van der Waals surface area (Å²) in [4.78, 5) is 16.7. The molecule has 0 aliphatic carbocycles. The first-order chi connectivity index (χ1) is 15.6. The zero-order valence-electron chi connectivity index (χ0n) is 17.7. The Morgan fingerprint density at radius 2 is 1.72 bits per heavy atom. The number of rotatable bonds is 7. The van der Waals surface area contributed by atoms with E-state index in [2.05, 4.69) is 31.4 Å². The second-order valence-electron chi connectivity index (χ2n) is 7.22. The molecular weight excluding hydrogens is 446 g/mol. The van der Waals surface area contributed by atoms with Crippen LogP contribution in [-0.2, 0) is 4.79 Å². The van der Waals surface area contributed by atoms with Crippen molar-refractivity contribution in [2.45, 2.75) is 5.03 Å². The maximum absolute atomic E-state index is 12.2. The molecule has 32 heavy (non-hydrogen) atoms. The number of anilines is 3. The summed E-state index contributed by atoms with van der Waals surface area (Å²) < 4.78 is 5.12. The van der Waals surface area contributed by atoms with Crippen molar-refractivity contribution in [1.82, 2.24) is 10.2 Å². The highest BCUT2D eigenvalue weighted by Gasteiger charge is 2.20. The normalized spacial score (nSPS) is 13.7. The molecule has 0 atom stereocenters. The number of piperazine rings is 1. The summed E-state index contributed by atoms with van der Waals surface area (Å²) in [5.74, 6) is 1.76. The van der Waals surface area contributed by atoms with Crippen LogP contribution in [-0.4, -0.2) is 55.1 Å². The predicted molar refractivity (Wildman–Crippen MR) is 130 cm³/mol. The van der Waals surface area contributed by atoms with Gasteiger partial charge in [0.1, 0.15) is 10.8 Å². The van der Waals surface area contributed by atoms with Crippen LogP contribution in [0.25, 0.3) is 0 Å². The lowest BCUT2D eigenvalue weighted by molar-refractivity contribution is -0.113. The lowest BCUT2D eigenvalue weighted by Crippen LogP contribution is -2.47. The molecule has 1 amide bonds. The first kappa shape index (κ1) is 22.2. The molecular formula is C23H24ClN5O2S. The number of halogens is 1. The molecule has 2 aromatic carbocycles. The van der Waals surface area contributed by atoms with E-state index in [1.165, 1.54) is 11.8 Å². The van der Waals surface area contributed by atoms with Gasteiger partial charge in [0.25, 0.3) is 0 Å². The van der Waals surface area contributed by atoms with Gasteiger partial charge in [-0.25, -0.2) is 0 Å². The Morgan fingerprint density at radius 3 is 2.38 bits per heavy atom. The Morgan fingerprint density at radius 1 is 1.00 bits per heavy atom. The monoisotopic (exact) mass is 469 g/mol. The van der Waals surface area contributed by atoms with Crippen molar-refractivity contribution in [2.75, 3.05) is 54.2 Å². The van der Waals surface area contributed by atoms with Gasteiger partial charge < -0.3 is 19.9 Å². The van der Waals surface area contributed by atoms with E-state index < -0.39 is 0 Å². The zero-order chi connectivity index (χ0) is 22.3. The van der Waals surface area contributed by atoms with Crippen LogP contribution < -0.4 is 19.9 Å². The first-order valence-corrected chi connectivity index (χ1v) is 11.6. The Labute approximate surface area is 196 Å². The number of nitrogens with one attached hydrogen (secondary N) is 1. The Bertz CT molecular complexity index is 1040. The fourth-order valence-electron chi connectivity index (χ4n) is 3.45. The SMILES string of the molecule is COc1ccc(NC(=O)CSc2ccc(N3CCN(c4ccccc4Cl)CC3)nn2)cc1. The van der Waals surface area contributed by atoms with Gasteiger partial charge in [-0.15, -0.1) is 10.2 Å². The number of nitrogens with zero attached hydrogens (tertiary/aromatic N) is 4. The number of thioether (sulfide) groups is 1. The maximum Gasteiger partial charge on any atom is 0.234 e. The van der Waals surface area contributed by atoms with Crippen molar-refractivity contribution < 1.29 is 9.53 Å². The molecule has 0 saturated carbocycles. The predicted octanol–water partition coefficient (Wildman–Crippen LogP) is 4.20. The second kappa shape index (κ2) is 10.6. The van der Waals surface area contributed by atoms with Gasteiger partial charge >= 0.3 is 0 Å². The number of hydrogen-bond donors (Lipinski definition) is 1. The number of ether oxygens (including phenoxy) is 1. The van der Waals surface area contributed by atoms with Gasteiger partial charge in [0.15, 0.2) is 5.82 Å². The van der Waals surface area contributed by atoms with Gasteiger partial charge in [-0.1, -0.05) is 35.5 Å². The smallest absolute Gasteiger partial charge is 0.234 e. The third-order valence-corrected chi connectivity index (χ3v) is 6.39. The highest BCUT2D eigenvalue weighted by molar-refractivity contribution is 7.99. The summed E-state index contributed by atoms with van der Waals surface area (Å²) in [5.41, 5.74) is 1.80. The standard InChI is InChI=1S/C23H24ClN5O2S/c1-31-18-8-6-17(7-9-18)25-22(30)16-32-23-11-10-21(26-27-23)29-14-12-28(13-15-29)20-5-3-2-4-19(20)24/h2-11H,12-16H2,1H3,(H,25,30). The summed E-state index contributed by atoms with van der Waals surface area (Å²) in [6.07, 6.45) is 0. The van der Waals surface area contributed by atoms with Crippen molar-refractivity contribution in [3.8, 4) is 5.75 Å². The minimum absolute atomic E-state index is 0.0956. The Hall–Kier alpha value is -2.97. The molecule has 1 aromatic heterocycles. The number of amides is 1. The van der Waals surface area contributed by atoms with Gasteiger partial charge in [0, 0.05) is 31.9 Å². The lowest BCUT2D eigenvalue weighted by atomic mass is 10.2. The molecule has 0 unspecified atom stereocenters. The number of para-hydroxylation sites is 1. The molecule has 0 spiro atoms. The summed E-state index contributed by atoms with van der Waals surface area (Å²) in [6.45, 7) is 3.42. The van der Waals surface area contributed by atoms with E-state index in [1.807, 2.05) is 42.5 Å². The van der Waals surface area contributed by atoms with Crippen molar-refractivity contribution in [3.63, 3.8) is 0 Å². The van der Waals surface area contributed by atoms with E-state index in [9.17, 15) is 4.79 Å². The number of carbonyl (C=O) groups excluding carboxylic acids is 1. The molecule has 4 rings (SSSR count). The second-order valence-corrected chi connectivity index (χ2v) is 8.62. The van der Waals surface area contributed by atoms with E-state index in [0.29, 0.717) is 5.03 Å². The molecule has 1 N–H and O–H groups in total. The fourth-order valence-corrected chi connectivity index (χ4v) is 4.32. The summed E-state index contributed by atoms with van der Waals surface area (Å²) in [7, 11) is 1.61. The van der Waals surface area contributed by atoms with Crippen LogP contribution in [0.15, 0.2) is 65.7 Å². The molecule has 0 bridgehead atoms. The molecule has 1 saturated heterocycles. The van der Waals surface area contributed by atoms with Crippen LogP contribution in [0.5, 0.6) is 5.75 Å². The van der Waals surface area contributed by atoms with Crippen LogP contribution in [0, 0.1) is 0 Å². The van der Waals surface area contributed by atoms with E-state index >= 15 is 0 Å². The molecule has 166 valence electrons. The number of carbonyl (C=O) groups is 1. The largest absolute Gasteiger partial charge is 0.497 e. The molecule has 2 heterocycles. The van der Waals surface area contributed by atoms with E-state index in [4.69, 9.17) is 16.3 Å². The quantitative estimate of drug-likeness (QED) is 0.520. The van der Waals surface area contributed by atoms with Gasteiger partial charge in [-0.2, -0.15) is 0 Å². The number of benzene rings is 2. The maximum atomic E-state index is 12.2. The van der Waals surface area contributed by atoms with Crippen LogP contribution in [0.2, 0.25) is 5.02 Å². The fraction of sp³-hybridized carbons (Fsp3) is 0.261. The lowest BCUT2D eigenvalue weighted by Gasteiger charge is -2.36. The molecule has 1 aliphatic heterocycles. The Kier molecular flexibility index (Phi) is 7.34. The summed E-state index contributed by atoms with van der Waals surface area (Å²) in [5, 5.41) is 13.0. The minimum Gasteiger partial charge on any atom is -0.497 e. The van der Waals surface area contributed by atoms with Crippen LogP contribution in [0.3, 0.4) is 0 Å². The van der Waals surface area contributed by atoms with Crippen molar-refractivity contribution >= 4 is 46.5 Å². The third kappa shape index (κ3) is 5.63. The topological polar surface area (TPSA) is 70.6 Å². The molecule has 9 heteroatoms. The summed E-state index contributed by atoms with van der Waals surface area (Å²) in [6, 6.07) is 19.0. The molecule has 1 fully saturated rings. The van der Waals surface area contributed by atoms with Gasteiger partial charge in [0.2, 0.25) is 5.91 Å². The molecule has 3 aromatic rings. The van der Waals surface area contributed by atoms with Crippen molar-refractivity contribution in [3.05, 3.63) is 65.7 Å². The van der Waals surface area contributed by atoms with Crippen molar-refractivity contribution in [2.24, 2.45) is 0 Å². The van der Waals surface area contributed by atoms with Crippen LogP contribution >= 0.6 is 23.4 Å². The number of hydrogen-bond acceptors (Lipinski definition) is 7. The third-order valence-electron chi connectivity index (χ3n) is 5.15. The van der Waals surface area contributed by atoms with E-state index in [1.54, 1.807) is 19.2 Å². The van der Waals surface area contributed by atoms with Crippen molar-refractivity contribution in [1.29, 1.82) is 0 Å². The van der Waals surface area contributed by atoms with Crippen LogP contribution in [0.4, 0.5) is 17.2 Å². The minimum atomic E-state index is -0.0956.